The Bertz CT molecular complexity index is 702. The van der Waals surface area contributed by atoms with Crippen LogP contribution in [0.1, 0.15) is 22.5 Å². The first-order valence-electron chi connectivity index (χ1n) is 7.07. The summed E-state index contributed by atoms with van der Waals surface area (Å²) in [6.07, 6.45) is 2.37. The molecule has 0 N–H and O–H groups in total. The maximum absolute atomic E-state index is 12.0. The third-order valence-electron chi connectivity index (χ3n) is 3.68. The van der Waals surface area contributed by atoms with Gasteiger partial charge in [-0.15, -0.1) is 11.3 Å². The number of ether oxygens (including phenoxy) is 4. The molecule has 1 aromatic heterocycles. The summed E-state index contributed by atoms with van der Waals surface area (Å²) >= 11 is 1.34. The van der Waals surface area contributed by atoms with Crippen LogP contribution in [0.3, 0.4) is 0 Å². The van der Waals surface area contributed by atoms with Crippen molar-refractivity contribution in [1.82, 2.24) is 0 Å². The van der Waals surface area contributed by atoms with E-state index in [2.05, 4.69) is 0 Å². The van der Waals surface area contributed by atoms with Crippen molar-refractivity contribution in [3.63, 3.8) is 0 Å². The van der Waals surface area contributed by atoms with Crippen LogP contribution in [0.15, 0.2) is 12.1 Å². The topological polar surface area (TPSA) is 54.0 Å². The molecule has 1 aromatic carbocycles. The van der Waals surface area contributed by atoms with Crippen LogP contribution in [-0.4, -0.2) is 33.9 Å². The molecule has 1 saturated carbocycles. The lowest BCUT2D eigenvalue weighted by Gasteiger charge is -2.09. The molecule has 0 spiro atoms. The Labute approximate surface area is 132 Å². The van der Waals surface area contributed by atoms with E-state index >= 15 is 0 Å². The van der Waals surface area contributed by atoms with E-state index in [1.165, 1.54) is 31.3 Å². The molecule has 6 heteroatoms. The molecule has 0 bridgehead atoms. The van der Waals surface area contributed by atoms with Crippen molar-refractivity contribution in [2.45, 2.75) is 12.8 Å². The van der Waals surface area contributed by atoms with Crippen molar-refractivity contribution in [2.75, 3.05) is 27.9 Å². The summed E-state index contributed by atoms with van der Waals surface area (Å²) in [5, 5.41) is 0.851. The van der Waals surface area contributed by atoms with Gasteiger partial charge in [0, 0.05) is 16.2 Å². The summed E-state index contributed by atoms with van der Waals surface area (Å²) in [6.45, 7) is 0.629. The molecule has 0 radical (unpaired) electrons. The molecule has 22 heavy (non-hydrogen) atoms. The molecule has 0 atom stereocenters. The Morgan fingerprint density at radius 2 is 1.86 bits per heavy atom. The van der Waals surface area contributed by atoms with Gasteiger partial charge in [0.15, 0.2) is 22.1 Å². The average molecular weight is 322 g/mol. The van der Waals surface area contributed by atoms with E-state index in [1.54, 1.807) is 14.2 Å². The lowest BCUT2D eigenvalue weighted by Crippen LogP contribution is -2.04. The van der Waals surface area contributed by atoms with Crippen LogP contribution in [0.5, 0.6) is 17.2 Å². The quantitative estimate of drug-likeness (QED) is 0.762. The molecule has 1 aliphatic carbocycles. The minimum Gasteiger partial charge on any atom is -0.493 e. The number of carbonyl (C=O) groups excluding carboxylic acids is 1. The van der Waals surface area contributed by atoms with E-state index in [-0.39, 0.29) is 5.97 Å². The molecule has 1 aliphatic rings. The number of rotatable bonds is 6. The van der Waals surface area contributed by atoms with Crippen molar-refractivity contribution in [3.05, 3.63) is 17.0 Å². The van der Waals surface area contributed by atoms with Gasteiger partial charge >= 0.3 is 5.97 Å². The molecular weight excluding hydrogens is 304 g/mol. The zero-order chi connectivity index (χ0) is 15.7. The SMILES string of the molecule is COC(=O)c1sc2cc(OC)c(OC)cc2c1OCC1CC1. The third-order valence-corrected chi connectivity index (χ3v) is 4.79. The number of carbonyl (C=O) groups is 1. The Morgan fingerprint density at radius 3 is 2.45 bits per heavy atom. The molecule has 0 amide bonds. The number of benzene rings is 1. The maximum Gasteiger partial charge on any atom is 0.351 e. The molecule has 0 saturated heterocycles. The summed E-state index contributed by atoms with van der Waals surface area (Å²) in [5.74, 6) is 2.03. The first-order chi connectivity index (χ1) is 10.7. The Balaban J connectivity index is 2.10. The van der Waals surface area contributed by atoms with E-state index in [0.717, 1.165) is 10.1 Å². The summed E-state index contributed by atoms with van der Waals surface area (Å²) < 4.78 is 22.4. The van der Waals surface area contributed by atoms with E-state index in [4.69, 9.17) is 18.9 Å². The van der Waals surface area contributed by atoms with Crippen LogP contribution < -0.4 is 14.2 Å². The van der Waals surface area contributed by atoms with Crippen LogP contribution in [0, 0.1) is 5.92 Å². The highest BCUT2D eigenvalue weighted by molar-refractivity contribution is 7.21. The Kier molecular flexibility index (Phi) is 4.11. The van der Waals surface area contributed by atoms with Gasteiger partial charge in [-0.1, -0.05) is 0 Å². The van der Waals surface area contributed by atoms with Crippen molar-refractivity contribution >= 4 is 27.4 Å². The molecule has 0 aliphatic heterocycles. The molecule has 1 heterocycles. The predicted octanol–water partition coefficient (Wildman–Crippen LogP) is 3.49. The molecule has 1 fully saturated rings. The smallest absolute Gasteiger partial charge is 0.351 e. The molecule has 5 nitrogen and oxygen atoms in total. The predicted molar refractivity (Wildman–Crippen MR) is 84.5 cm³/mol. The number of fused-ring (bicyclic) bond motifs is 1. The number of methoxy groups -OCH3 is 3. The maximum atomic E-state index is 12.0. The molecule has 3 rings (SSSR count). The normalized spacial score (nSPS) is 14.0. The Morgan fingerprint density at radius 1 is 1.18 bits per heavy atom. The first kappa shape index (κ1) is 15.0. The standard InChI is InChI=1S/C16H18O5S/c1-18-11-6-10-13(7-12(11)19-2)22-15(16(17)20-3)14(10)21-8-9-4-5-9/h6-7,9H,4-5,8H2,1-3H3. The Hall–Kier alpha value is -1.95. The largest absolute Gasteiger partial charge is 0.493 e. The average Bonchev–Trinajstić information content (AvgIpc) is 3.31. The number of thiophene rings is 1. The van der Waals surface area contributed by atoms with Gasteiger partial charge in [-0.05, 0) is 24.8 Å². The molecule has 2 aromatic rings. The van der Waals surface area contributed by atoms with E-state index < -0.39 is 0 Å². The second-order valence-electron chi connectivity index (χ2n) is 5.21. The van der Waals surface area contributed by atoms with Crippen molar-refractivity contribution in [1.29, 1.82) is 0 Å². The van der Waals surface area contributed by atoms with Gasteiger partial charge in [0.05, 0.1) is 27.9 Å². The van der Waals surface area contributed by atoms with E-state index in [9.17, 15) is 4.79 Å². The van der Waals surface area contributed by atoms with Gasteiger partial charge in [-0.25, -0.2) is 4.79 Å². The fraction of sp³-hybridized carbons (Fsp3) is 0.438. The summed E-state index contributed by atoms with van der Waals surface area (Å²) in [7, 11) is 4.55. The van der Waals surface area contributed by atoms with E-state index in [0.29, 0.717) is 34.7 Å². The van der Waals surface area contributed by atoms with Crippen LogP contribution in [0.4, 0.5) is 0 Å². The summed E-state index contributed by atoms with van der Waals surface area (Å²) in [6, 6.07) is 3.70. The van der Waals surface area contributed by atoms with Gasteiger partial charge < -0.3 is 18.9 Å². The monoisotopic (exact) mass is 322 g/mol. The first-order valence-corrected chi connectivity index (χ1v) is 7.89. The minimum atomic E-state index is -0.384. The highest BCUT2D eigenvalue weighted by atomic mass is 32.1. The summed E-state index contributed by atoms with van der Waals surface area (Å²) in [4.78, 5) is 12.5. The second-order valence-corrected chi connectivity index (χ2v) is 6.26. The van der Waals surface area contributed by atoms with Crippen LogP contribution in [-0.2, 0) is 4.74 Å². The van der Waals surface area contributed by atoms with Crippen LogP contribution in [0.25, 0.3) is 10.1 Å². The van der Waals surface area contributed by atoms with E-state index in [1.807, 2.05) is 12.1 Å². The van der Waals surface area contributed by atoms with Crippen LogP contribution in [0.2, 0.25) is 0 Å². The second kappa shape index (κ2) is 6.04. The summed E-state index contributed by atoms with van der Waals surface area (Å²) in [5.41, 5.74) is 0. The fourth-order valence-corrected chi connectivity index (χ4v) is 3.33. The minimum absolute atomic E-state index is 0.384. The molecular formula is C16H18O5S. The van der Waals surface area contributed by atoms with Crippen molar-refractivity contribution in [3.8, 4) is 17.2 Å². The molecule has 118 valence electrons. The van der Waals surface area contributed by atoms with Gasteiger partial charge in [0.25, 0.3) is 0 Å². The van der Waals surface area contributed by atoms with Gasteiger partial charge in [0.2, 0.25) is 0 Å². The highest BCUT2D eigenvalue weighted by Gasteiger charge is 2.26. The van der Waals surface area contributed by atoms with Gasteiger partial charge in [0.1, 0.15) is 0 Å². The zero-order valence-corrected chi connectivity index (χ0v) is 13.6. The lowest BCUT2D eigenvalue weighted by atomic mass is 10.2. The highest BCUT2D eigenvalue weighted by Crippen LogP contribution is 2.44. The van der Waals surface area contributed by atoms with Crippen molar-refractivity contribution < 1.29 is 23.7 Å². The fourth-order valence-electron chi connectivity index (χ4n) is 2.26. The third kappa shape index (κ3) is 2.70. The van der Waals surface area contributed by atoms with Crippen molar-refractivity contribution in [2.24, 2.45) is 5.92 Å². The molecule has 0 unspecified atom stereocenters. The lowest BCUT2D eigenvalue weighted by molar-refractivity contribution is 0.0602. The number of hydrogen-bond donors (Lipinski definition) is 0. The zero-order valence-electron chi connectivity index (χ0n) is 12.8. The number of esters is 1. The van der Waals surface area contributed by atoms with Gasteiger partial charge in [-0.3, -0.25) is 0 Å². The number of hydrogen-bond acceptors (Lipinski definition) is 6. The van der Waals surface area contributed by atoms with Crippen LogP contribution >= 0.6 is 11.3 Å². The van der Waals surface area contributed by atoms with Gasteiger partial charge in [-0.2, -0.15) is 0 Å².